The Bertz CT molecular complexity index is 673. The van der Waals surface area contributed by atoms with Gasteiger partial charge in [0.2, 0.25) is 0 Å². The second-order valence-corrected chi connectivity index (χ2v) is 12.1. The highest BCUT2D eigenvalue weighted by Gasteiger charge is 2.48. The molecule has 0 bridgehead atoms. The zero-order chi connectivity index (χ0) is 22.9. The molecule has 1 saturated heterocycles. The minimum absolute atomic E-state index is 0.327. The highest BCUT2D eigenvalue weighted by molar-refractivity contribution is 5.74. The Hall–Kier alpha value is -1.30. The van der Waals surface area contributed by atoms with Gasteiger partial charge in [-0.25, -0.2) is 4.79 Å². The molecule has 4 fully saturated rings. The van der Waals surface area contributed by atoms with Gasteiger partial charge >= 0.3 is 12.1 Å². The van der Waals surface area contributed by atoms with Crippen molar-refractivity contribution in [3.05, 3.63) is 0 Å². The number of fused-ring (bicyclic) bond motifs is 2. The number of ether oxygens (including phenoxy) is 1. The number of amides is 1. The smallest absolute Gasteiger partial charge is 0.407 e. The first kappa shape index (κ1) is 23.8. The van der Waals surface area contributed by atoms with E-state index in [2.05, 4.69) is 10.2 Å². The molecular formula is C26H44N2O4. The predicted molar refractivity (Wildman–Crippen MR) is 124 cm³/mol. The SMILES string of the molecule is CC(C)(C)OC(=O)NCC1CCC2CC(C(=O)O)N(CC3CCCC4CCCCC43)C2C1. The molecule has 0 aromatic rings. The topological polar surface area (TPSA) is 78.9 Å². The number of aliphatic carboxylic acids is 1. The van der Waals surface area contributed by atoms with Gasteiger partial charge in [-0.15, -0.1) is 0 Å². The molecule has 3 saturated carbocycles. The van der Waals surface area contributed by atoms with Crippen LogP contribution in [0.3, 0.4) is 0 Å². The molecule has 0 radical (unpaired) electrons. The van der Waals surface area contributed by atoms with Gasteiger partial charge in [0.15, 0.2) is 0 Å². The number of hydrogen-bond donors (Lipinski definition) is 2. The van der Waals surface area contributed by atoms with Crippen LogP contribution in [0.5, 0.6) is 0 Å². The van der Waals surface area contributed by atoms with Gasteiger partial charge in [-0.05, 0) is 88.9 Å². The lowest BCUT2D eigenvalue weighted by Crippen LogP contribution is -2.49. The molecule has 7 atom stereocenters. The van der Waals surface area contributed by atoms with E-state index in [1.807, 2.05) is 20.8 Å². The number of carbonyl (C=O) groups excluding carboxylic acids is 1. The van der Waals surface area contributed by atoms with Crippen LogP contribution in [0.25, 0.3) is 0 Å². The second kappa shape index (κ2) is 9.90. The molecule has 0 spiro atoms. The van der Waals surface area contributed by atoms with Crippen LogP contribution in [0.15, 0.2) is 0 Å². The lowest BCUT2D eigenvalue weighted by molar-refractivity contribution is -0.143. The van der Waals surface area contributed by atoms with E-state index in [0.29, 0.717) is 30.3 Å². The number of nitrogens with one attached hydrogen (secondary N) is 1. The summed E-state index contributed by atoms with van der Waals surface area (Å²) in [5.74, 6) is 2.58. The molecule has 2 N–H and O–H groups in total. The fourth-order valence-corrected chi connectivity index (χ4v) is 7.43. The summed E-state index contributed by atoms with van der Waals surface area (Å²) in [7, 11) is 0. The maximum atomic E-state index is 12.2. The van der Waals surface area contributed by atoms with Gasteiger partial charge in [-0.3, -0.25) is 9.69 Å². The number of alkyl carbamates (subject to hydrolysis) is 1. The summed E-state index contributed by atoms with van der Waals surface area (Å²) in [4.78, 5) is 26.7. The number of carbonyl (C=O) groups is 2. The van der Waals surface area contributed by atoms with Crippen LogP contribution in [0, 0.1) is 29.6 Å². The van der Waals surface area contributed by atoms with Gasteiger partial charge in [0.05, 0.1) is 0 Å². The Balaban J connectivity index is 1.39. The Labute approximate surface area is 193 Å². The van der Waals surface area contributed by atoms with E-state index in [-0.39, 0.29) is 12.1 Å². The first-order valence-electron chi connectivity index (χ1n) is 13.2. The minimum Gasteiger partial charge on any atom is -0.480 e. The van der Waals surface area contributed by atoms with E-state index < -0.39 is 11.6 Å². The first-order chi connectivity index (χ1) is 15.2. The standard InChI is InChI=1S/C26H44N2O4/c1-26(2,3)32-25(31)27-15-17-11-12-19-14-23(24(29)30)28(22(19)13-17)16-20-9-6-8-18-7-4-5-10-21(18)20/h17-23H,4-16H2,1-3H3,(H,27,31)(H,29,30). The van der Waals surface area contributed by atoms with Crippen molar-refractivity contribution >= 4 is 12.1 Å². The maximum absolute atomic E-state index is 12.2. The minimum atomic E-state index is -0.640. The first-order valence-corrected chi connectivity index (χ1v) is 13.2. The van der Waals surface area contributed by atoms with Gasteiger partial charge in [0, 0.05) is 19.1 Å². The summed E-state index contributed by atoms with van der Waals surface area (Å²) >= 11 is 0. The molecule has 3 aliphatic carbocycles. The van der Waals surface area contributed by atoms with E-state index in [9.17, 15) is 14.7 Å². The van der Waals surface area contributed by atoms with E-state index in [1.54, 1.807) is 0 Å². The molecule has 32 heavy (non-hydrogen) atoms. The highest BCUT2D eigenvalue weighted by atomic mass is 16.6. The molecule has 1 heterocycles. The number of rotatable bonds is 5. The molecular weight excluding hydrogens is 404 g/mol. The molecule has 0 aromatic carbocycles. The molecule has 182 valence electrons. The maximum Gasteiger partial charge on any atom is 0.407 e. The van der Waals surface area contributed by atoms with Gasteiger partial charge in [0.25, 0.3) is 0 Å². The number of hydrogen-bond acceptors (Lipinski definition) is 4. The van der Waals surface area contributed by atoms with E-state index in [1.165, 1.54) is 44.9 Å². The molecule has 4 rings (SSSR count). The lowest BCUT2D eigenvalue weighted by Gasteiger charge is -2.45. The van der Waals surface area contributed by atoms with Gasteiger partial charge < -0.3 is 15.2 Å². The average molecular weight is 449 g/mol. The summed E-state index contributed by atoms with van der Waals surface area (Å²) < 4.78 is 5.40. The summed E-state index contributed by atoms with van der Waals surface area (Å²) in [5, 5.41) is 13.0. The fourth-order valence-electron chi connectivity index (χ4n) is 7.43. The lowest BCUT2D eigenvalue weighted by atomic mass is 9.65. The third-order valence-electron chi connectivity index (χ3n) is 8.80. The Morgan fingerprint density at radius 2 is 1.72 bits per heavy atom. The van der Waals surface area contributed by atoms with Crippen LogP contribution in [-0.4, -0.2) is 52.8 Å². The van der Waals surface area contributed by atoms with Crippen molar-refractivity contribution in [1.29, 1.82) is 0 Å². The van der Waals surface area contributed by atoms with Gasteiger partial charge in [-0.1, -0.05) is 32.1 Å². The van der Waals surface area contributed by atoms with E-state index in [4.69, 9.17) is 4.74 Å². The summed E-state index contributed by atoms with van der Waals surface area (Å²) in [6.45, 7) is 7.22. The third-order valence-corrected chi connectivity index (χ3v) is 8.80. The van der Waals surface area contributed by atoms with Crippen molar-refractivity contribution in [2.24, 2.45) is 29.6 Å². The molecule has 0 aromatic heterocycles. The van der Waals surface area contributed by atoms with Crippen molar-refractivity contribution in [2.75, 3.05) is 13.1 Å². The third kappa shape index (κ3) is 5.60. The van der Waals surface area contributed by atoms with Crippen molar-refractivity contribution in [3.8, 4) is 0 Å². The van der Waals surface area contributed by atoms with Crippen LogP contribution in [0.4, 0.5) is 4.79 Å². The highest BCUT2D eigenvalue weighted by Crippen LogP contribution is 2.47. The molecule has 4 aliphatic rings. The average Bonchev–Trinajstić information content (AvgIpc) is 3.09. The van der Waals surface area contributed by atoms with Gasteiger partial charge in [-0.2, -0.15) is 0 Å². The van der Waals surface area contributed by atoms with Crippen molar-refractivity contribution in [3.63, 3.8) is 0 Å². The van der Waals surface area contributed by atoms with Crippen LogP contribution < -0.4 is 5.32 Å². The fraction of sp³-hybridized carbons (Fsp3) is 0.923. The van der Waals surface area contributed by atoms with Gasteiger partial charge in [0.1, 0.15) is 11.6 Å². The van der Waals surface area contributed by atoms with Crippen LogP contribution in [0.2, 0.25) is 0 Å². The predicted octanol–water partition coefficient (Wildman–Crippen LogP) is 5.06. The Morgan fingerprint density at radius 3 is 2.47 bits per heavy atom. The van der Waals surface area contributed by atoms with Crippen molar-refractivity contribution in [1.82, 2.24) is 10.2 Å². The summed E-state index contributed by atoms with van der Waals surface area (Å²) in [5.41, 5.74) is -0.490. The Kier molecular flexibility index (Phi) is 7.38. The van der Waals surface area contributed by atoms with Crippen molar-refractivity contribution in [2.45, 2.75) is 109 Å². The summed E-state index contributed by atoms with van der Waals surface area (Å²) in [6, 6.07) is 0.0192. The van der Waals surface area contributed by atoms with Crippen LogP contribution >= 0.6 is 0 Å². The molecule has 7 unspecified atom stereocenters. The molecule has 1 aliphatic heterocycles. The summed E-state index contributed by atoms with van der Waals surface area (Å²) in [6.07, 6.45) is 13.0. The molecule has 6 heteroatoms. The molecule has 1 amide bonds. The Morgan fingerprint density at radius 1 is 0.969 bits per heavy atom. The second-order valence-electron chi connectivity index (χ2n) is 12.1. The number of likely N-dealkylation sites (tertiary alicyclic amines) is 1. The monoisotopic (exact) mass is 448 g/mol. The van der Waals surface area contributed by atoms with E-state index >= 15 is 0 Å². The number of carboxylic acids is 1. The quantitative estimate of drug-likeness (QED) is 0.614. The van der Waals surface area contributed by atoms with Crippen LogP contribution in [0.1, 0.15) is 91.4 Å². The zero-order valence-corrected chi connectivity index (χ0v) is 20.4. The van der Waals surface area contributed by atoms with Crippen molar-refractivity contribution < 1.29 is 19.4 Å². The largest absolute Gasteiger partial charge is 0.480 e. The van der Waals surface area contributed by atoms with E-state index in [0.717, 1.165) is 44.1 Å². The van der Waals surface area contributed by atoms with Crippen LogP contribution in [-0.2, 0) is 9.53 Å². The zero-order valence-electron chi connectivity index (χ0n) is 20.4. The number of carboxylic acid groups (broad SMARTS) is 1. The normalized spacial score (nSPS) is 37.9. The molecule has 6 nitrogen and oxygen atoms in total. The number of nitrogens with zero attached hydrogens (tertiary/aromatic N) is 1.